The fourth-order valence-electron chi connectivity index (χ4n) is 2.81. The van der Waals surface area contributed by atoms with Crippen molar-refractivity contribution in [2.75, 3.05) is 5.32 Å². The van der Waals surface area contributed by atoms with Gasteiger partial charge in [0.25, 0.3) is 5.91 Å². The summed E-state index contributed by atoms with van der Waals surface area (Å²) in [6.07, 6.45) is 3.48. The van der Waals surface area contributed by atoms with Gasteiger partial charge >= 0.3 is 0 Å². The number of anilines is 1. The van der Waals surface area contributed by atoms with Gasteiger partial charge in [-0.3, -0.25) is 9.78 Å². The number of nitrogens with one attached hydrogen (secondary N) is 1. The van der Waals surface area contributed by atoms with E-state index >= 15 is 0 Å². The summed E-state index contributed by atoms with van der Waals surface area (Å²) in [6, 6.07) is 20.8. The topological polar surface area (TPSA) is 54.9 Å². The van der Waals surface area contributed by atoms with Crippen molar-refractivity contribution < 1.29 is 4.79 Å². The number of rotatable bonds is 5. The summed E-state index contributed by atoms with van der Waals surface area (Å²) in [7, 11) is 0. The van der Waals surface area contributed by atoms with E-state index in [1.165, 1.54) is 11.8 Å². The molecule has 0 radical (unpaired) electrons. The van der Waals surface area contributed by atoms with Gasteiger partial charge in [0.15, 0.2) is 0 Å². The van der Waals surface area contributed by atoms with Gasteiger partial charge in [0.1, 0.15) is 5.03 Å². The molecule has 0 spiro atoms. The first-order chi connectivity index (χ1) is 13.7. The predicted octanol–water partition coefficient (Wildman–Crippen LogP) is 5.83. The molecule has 1 N–H and O–H groups in total. The number of carbonyl (C=O) groups is 1. The van der Waals surface area contributed by atoms with Gasteiger partial charge in [0.05, 0.1) is 11.1 Å². The molecule has 4 rings (SSSR count). The molecule has 4 nitrogen and oxygen atoms in total. The smallest absolute Gasteiger partial charge is 0.258 e. The molecule has 0 atom stereocenters. The lowest BCUT2D eigenvalue weighted by molar-refractivity contribution is 0.102. The molecular formula is C22H16ClN3OS. The number of benzene rings is 2. The molecule has 2 aromatic carbocycles. The van der Waals surface area contributed by atoms with Crippen molar-refractivity contribution >= 4 is 45.9 Å². The van der Waals surface area contributed by atoms with Crippen LogP contribution in [0.2, 0.25) is 5.02 Å². The van der Waals surface area contributed by atoms with E-state index in [1.807, 2.05) is 18.2 Å². The Balaban J connectivity index is 1.51. The van der Waals surface area contributed by atoms with Crippen LogP contribution >= 0.6 is 23.4 Å². The van der Waals surface area contributed by atoms with Crippen molar-refractivity contribution in [3.05, 3.63) is 95.3 Å². The van der Waals surface area contributed by atoms with Crippen molar-refractivity contribution in [1.29, 1.82) is 0 Å². The lowest BCUT2D eigenvalue weighted by atomic mass is 10.1. The summed E-state index contributed by atoms with van der Waals surface area (Å²) >= 11 is 7.52. The molecule has 138 valence electrons. The molecule has 0 bridgehead atoms. The molecule has 0 aliphatic rings. The van der Waals surface area contributed by atoms with E-state index in [0.29, 0.717) is 27.1 Å². The van der Waals surface area contributed by atoms with Crippen molar-refractivity contribution in [3.8, 4) is 0 Å². The van der Waals surface area contributed by atoms with Crippen LogP contribution in [-0.4, -0.2) is 15.9 Å². The number of nitrogens with zero attached hydrogens (tertiary/aromatic N) is 2. The highest BCUT2D eigenvalue weighted by Gasteiger charge is 2.13. The summed E-state index contributed by atoms with van der Waals surface area (Å²) in [4.78, 5) is 21.5. The highest BCUT2D eigenvalue weighted by Crippen LogP contribution is 2.26. The summed E-state index contributed by atoms with van der Waals surface area (Å²) in [5.74, 6) is 0.500. The van der Waals surface area contributed by atoms with E-state index in [9.17, 15) is 4.79 Å². The van der Waals surface area contributed by atoms with Crippen LogP contribution in [0.3, 0.4) is 0 Å². The molecule has 0 unspecified atom stereocenters. The van der Waals surface area contributed by atoms with Crippen molar-refractivity contribution in [2.24, 2.45) is 0 Å². The number of fused-ring (bicyclic) bond motifs is 1. The first kappa shape index (κ1) is 18.5. The van der Waals surface area contributed by atoms with Crippen LogP contribution in [-0.2, 0) is 5.75 Å². The van der Waals surface area contributed by atoms with Gasteiger partial charge in [0, 0.05) is 34.2 Å². The Labute approximate surface area is 172 Å². The standard InChI is InChI=1S/C22H16ClN3OS/c23-17-5-1-6-18(13-17)26-21(27)19-7-3-11-25-22(19)28-14-15-8-9-20-16(12-15)4-2-10-24-20/h1-13H,14H2,(H,26,27). The Bertz CT molecular complexity index is 1150. The molecule has 2 aromatic heterocycles. The Morgan fingerprint density at radius 2 is 1.82 bits per heavy atom. The van der Waals surface area contributed by atoms with Crippen LogP contribution in [0.5, 0.6) is 0 Å². The lowest BCUT2D eigenvalue weighted by Gasteiger charge is -2.10. The van der Waals surface area contributed by atoms with Crippen LogP contribution in [0.4, 0.5) is 5.69 Å². The zero-order chi connectivity index (χ0) is 19.3. The quantitative estimate of drug-likeness (QED) is 0.424. The molecule has 1 amide bonds. The van der Waals surface area contributed by atoms with Gasteiger partial charge < -0.3 is 5.32 Å². The minimum Gasteiger partial charge on any atom is -0.322 e. The second-order valence-corrected chi connectivity index (χ2v) is 7.54. The van der Waals surface area contributed by atoms with E-state index in [4.69, 9.17) is 11.6 Å². The number of amides is 1. The first-order valence-electron chi connectivity index (χ1n) is 8.67. The number of hydrogen-bond acceptors (Lipinski definition) is 4. The van der Waals surface area contributed by atoms with E-state index in [0.717, 1.165) is 16.5 Å². The van der Waals surface area contributed by atoms with Crippen LogP contribution in [0, 0.1) is 0 Å². The van der Waals surface area contributed by atoms with Gasteiger partial charge in [0.2, 0.25) is 0 Å². The second kappa shape index (κ2) is 8.42. The SMILES string of the molecule is O=C(Nc1cccc(Cl)c1)c1cccnc1SCc1ccc2ncccc2c1. The van der Waals surface area contributed by atoms with Gasteiger partial charge in [-0.1, -0.05) is 29.8 Å². The van der Waals surface area contributed by atoms with Crippen LogP contribution in [0.15, 0.2) is 84.1 Å². The van der Waals surface area contributed by atoms with E-state index in [-0.39, 0.29) is 5.91 Å². The average Bonchev–Trinajstić information content (AvgIpc) is 2.72. The summed E-state index contributed by atoms with van der Waals surface area (Å²) in [5.41, 5.74) is 3.31. The molecule has 2 heterocycles. The van der Waals surface area contributed by atoms with Crippen molar-refractivity contribution in [1.82, 2.24) is 9.97 Å². The highest BCUT2D eigenvalue weighted by molar-refractivity contribution is 7.98. The molecular weight excluding hydrogens is 390 g/mol. The Kier molecular flexibility index (Phi) is 5.55. The zero-order valence-electron chi connectivity index (χ0n) is 14.8. The number of pyridine rings is 2. The first-order valence-corrected chi connectivity index (χ1v) is 10.0. The number of hydrogen-bond donors (Lipinski definition) is 1. The number of halogens is 1. The monoisotopic (exact) mass is 405 g/mol. The van der Waals surface area contributed by atoms with Gasteiger partial charge in [-0.15, -0.1) is 11.8 Å². The predicted molar refractivity (Wildman–Crippen MR) is 115 cm³/mol. The molecule has 0 saturated heterocycles. The van der Waals surface area contributed by atoms with E-state index in [2.05, 4.69) is 27.4 Å². The number of thioether (sulfide) groups is 1. The maximum atomic E-state index is 12.7. The fraction of sp³-hybridized carbons (Fsp3) is 0.0455. The molecule has 0 fully saturated rings. The van der Waals surface area contributed by atoms with E-state index in [1.54, 1.807) is 48.8 Å². The lowest BCUT2D eigenvalue weighted by Crippen LogP contribution is -2.13. The van der Waals surface area contributed by atoms with Gasteiger partial charge in [-0.25, -0.2) is 4.98 Å². The zero-order valence-corrected chi connectivity index (χ0v) is 16.4. The van der Waals surface area contributed by atoms with Crippen molar-refractivity contribution in [3.63, 3.8) is 0 Å². The normalized spacial score (nSPS) is 10.8. The maximum Gasteiger partial charge on any atom is 0.258 e. The van der Waals surface area contributed by atoms with Gasteiger partial charge in [-0.05, 0) is 54.1 Å². The molecule has 4 aromatic rings. The summed E-state index contributed by atoms with van der Waals surface area (Å²) in [6.45, 7) is 0. The van der Waals surface area contributed by atoms with Gasteiger partial charge in [-0.2, -0.15) is 0 Å². The Hall–Kier alpha value is -2.89. The third-order valence-corrected chi connectivity index (χ3v) is 5.45. The highest BCUT2D eigenvalue weighted by atomic mass is 35.5. The summed E-state index contributed by atoms with van der Waals surface area (Å²) < 4.78 is 0. The minimum atomic E-state index is -0.208. The third-order valence-electron chi connectivity index (χ3n) is 4.14. The summed E-state index contributed by atoms with van der Waals surface area (Å²) in [5, 5.41) is 5.24. The van der Waals surface area contributed by atoms with Crippen LogP contribution < -0.4 is 5.32 Å². The fourth-order valence-corrected chi connectivity index (χ4v) is 3.93. The maximum absolute atomic E-state index is 12.7. The van der Waals surface area contributed by atoms with Crippen LogP contribution in [0.1, 0.15) is 15.9 Å². The molecule has 6 heteroatoms. The molecule has 0 aliphatic heterocycles. The molecule has 0 aliphatic carbocycles. The third kappa shape index (κ3) is 4.32. The number of carbonyl (C=O) groups excluding carboxylic acids is 1. The molecule has 0 saturated carbocycles. The van der Waals surface area contributed by atoms with Crippen LogP contribution in [0.25, 0.3) is 10.9 Å². The Morgan fingerprint density at radius 3 is 2.71 bits per heavy atom. The second-order valence-electron chi connectivity index (χ2n) is 6.14. The number of aromatic nitrogens is 2. The average molecular weight is 406 g/mol. The van der Waals surface area contributed by atoms with Crippen molar-refractivity contribution in [2.45, 2.75) is 10.8 Å². The molecule has 28 heavy (non-hydrogen) atoms. The Morgan fingerprint density at radius 1 is 0.964 bits per heavy atom. The van der Waals surface area contributed by atoms with E-state index < -0.39 is 0 Å². The minimum absolute atomic E-state index is 0.208. The largest absolute Gasteiger partial charge is 0.322 e.